The summed E-state index contributed by atoms with van der Waals surface area (Å²) < 4.78 is 73.4. The van der Waals surface area contributed by atoms with E-state index in [2.05, 4.69) is 14.8 Å². The number of furan rings is 1. The molecular weight excluding hydrogens is 449 g/mol. The fourth-order valence-electron chi connectivity index (χ4n) is 2.64. The van der Waals surface area contributed by atoms with Crippen LogP contribution < -0.4 is 10.0 Å². The molecule has 0 unspecified atom stereocenters. The van der Waals surface area contributed by atoms with E-state index in [4.69, 9.17) is 4.42 Å². The van der Waals surface area contributed by atoms with E-state index in [0.29, 0.717) is 11.3 Å². The van der Waals surface area contributed by atoms with Crippen LogP contribution >= 0.6 is 0 Å². The van der Waals surface area contributed by atoms with Gasteiger partial charge in [-0.15, -0.1) is 0 Å². The average molecular weight is 468 g/mol. The lowest BCUT2D eigenvalue weighted by Gasteiger charge is -2.10. The summed E-state index contributed by atoms with van der Waals surface area (Å²) in [6.07, 6.45) is -2.97. The van der Waals surface area contributed by atoms with Crippen molar-refractivity contribution in [3.05, 3.63) is 83.8 Å². The predicted octanol–water partition coefficient (Wildman–Crippen LogP) is 4.09. The highest BCUT2D eigenvalue weighted by molar-refractivity contribution is 7.89. The van der Waals surface area contributed by atoms with Crippen LogP contribution in [0.3, 0.4) is 0 Å². The smallest absolute Gasteiger partial charge is 0.411 e. The lowest BCUT2D eigenvalue weighted by molar-refractivity contribution is -0.176. The number of carbonyl (C=O) groups is 1. The lowest BCUT2D eigenvalue weighted by Crippen LogP contribution is -2.23. The first kappa shape index (κ1) is 23.5. The second-order valence-corrected chi connectivity index (χ2v) is 8.46. The molecule has 170 valence electrons. The summed E-state index contributed by atoms with van der Waals surface area (Å²) in [7, 11) is -3.84. The first-order valence-corrected chi connectivity index (χ1v) is 10.8. The van der Waals surface area contributed by atoms with Gasteiger partial charge in [0.2, 0.25) is 10.0 Å². The Hall–Kier alpha value is -3.15. The van der Waals surface area contributed by atoms with Gasteiger partial charge < -0.3 is 14.5 Å². The molecule has 1 heterocycles. The van der Waals surface area contributed by atoms with Crippen molar-refractivity contribution in [3.63, 3.8) is 0 Å². The van der Waals surface area contributed by atoms with Gasteiger partial charge in [-0.2, -0.15) is 13.2 Å². The largest absolute Gasteiger partial charge is 0.468 e. The number of amides is 1. The Bertz CT molecular complexity index is 1140. The van der Waals surface area contributed by atoms with Crippen molar-refractivity contribution in [1.29, 1.82) is 0 Å². The van der Waals surface area contributed by atoms with Crippen LogP contribution in [0.5, 0.6) is 0 Å². The van der Waals surface area contributed by atoms with Crippen molar-refractivity contribution in [2.75, 3.05) is 11.9 Å². The van der Waals surface area contributed by atoms with Crippen LogP contribution in [0.1, 0.15) is 21.7 Å². The molecule has 2 aromatic carbocycles. The molecule has 7 nitrogen and oxygen atoms in total. The van der Waals surface area contributed by atoms with Crippen LogP contribution in [0, 0.1) is 0 Å². The van der Waals surface area contributed by atoms with Gasteiger partial charge in [-0.3, -0.25) is 4.79 Å². The fourth-order valence-corrected chi connectivity index (χ4v) is 3.68. The van der Waals surface area contributed by atoms with Crippen molar-refractivity contribution < 1.29 is 35.5 Å². The molecule has 0 saturated heterocycles. The van der Waals surface area contributed by atoms with E-state index in [0.717, 1.165) is 0 Å². The normalized spacial score (nSPS) is 12.0. The van der Waals surface area contributed by atoms with E-state index < -0.39 is 28.7 Å². The summed E-state index contributed by atoms with van der Waals surface area (Å²) in [6.45, 7) is -1.62. The third-order valence-corrected chi connectivity index (χ3v) is 5.57. The number of halogens is 3. The van der Waals surface area contributed by atoms with Crippen molar-refractivity contribution in [2.24, 2.45) is 0 Å². The molecule has 0 bridgehead atoms. The highest BCUT2D eigenvalue weighted by Crippen LogP contribution is 2.18. The van der Waals surface area contributed by atoms with E-state index in [-0.39, 0.29) is 29.3 Å². The van der Waals surface area contributed by atoms with Gasteiger partial charge in [-0.05, 0) is 48.0 Å². The molecule has 3 aromatic rings. The van der Waals surface area contributed by atoms with E-state index in [1.807, 2.05) is 0 Å². The number of ether oxygens (including phenoxy) is 1. The van der Waals surface area contributed by atoms with E-state index in [1.54, 1.807) is 12.1 Å². The summed E-state index contributed by atoms with van der Waals surface area (Å²) in [6, 6.07) is 14.8. The number of alkyl halides is 3. The maximum Gasteiger partial charge on any atom is 0.411 e. The maximum absolute atomic E-state index is 12.5. The Kier molecular flexibility index (Phi) is 7.33. The van der Waals surface area contributed by atoms with Crippen LogP contribution in [0.2, 0.25) is 0 Å². The molecule has 0 radical (unpaired) electrons. The number of hydrogen-bond donors (Lipinski definition) is 2. The third-order valence-electron chi connectivity index (χ3n) is 4.17. The van der Waals surface area contributed by atoms with Crippen molar-refractivity contribution in [3.8, 4) is 0 Å². The van der Waals surface area contributed by atoms with Crippen molar-refractivity contribution >= 4 is 21.6 Å². The van der Waals surface area contributed by atoms with Gasteiger partial charge in [-0.1, -0.05) is 18.2 Å². The zero-order chi connectivity index (χ0) is 23.2. The number of nitrogens with one attached hydrogen (secondary N) is 2. The SMILES string of the molecule is O=C(Nc1cccc(S(=O)(=O)NCc2ccco2)c1)c1ccc(COCC(F)(F)F)cc1. The first-order valence-electron chi connectivity index (χ1n) is 9.29. The molecule has 32 heavy (non-hydrogen) atoms. The van der Waals surface area contributed by atoms with E-state index in [9.17, 15) is 26.4 Å². The Morgan fingerprint density at radius 3 is 2.44 bits per heavy atom. The van der Waals surface area contributed by atoms with Gasteiger partial charge >= 0.3 is 6.18 Å². The Labute approximate surface area is 182 Å². The van der Waals surface area contributed by atoms with Crippen LogP contribution in [0.25, 0.3) is 0 Å². The van der Waals surface area contributed by atoms with Gasteiger partial charge in [0, 0.05) is 11.3 Å². The van der Waals surface area contributed by atoms with Gasteiger partial charge in [0.25, 0.3) is 5.91 Å². The molecule has 1 aromatic heterocycles. The second kappa shape index (κ2) is 9.98. The van der Waals surface area contributed by atoms with Crippen molar-refractivity contribution in [1.82, 2.24) is 4.72 Å². The first-order chi connectivity index (χ1) is 15.1. The van der Waals surface area contributed by atoms with Crippen LogP contribution in [-0.2, 0) is 27.9 Å². The molecule has 0 saturated carbocycles. The molecule has 11 heteroatoms. The minimum atomic E-state index is -4.41. The summed E-state index contributed by atoms with van der Waals surface area (Å²) in [4.78, 5) is 12.4. The van der Waals surface area contributed by atoms with Crippen LogP contribution in [-0.4, -0.2) is 27.1 Å². The summed E-state index contributed by atoms with van der Waals surface area (Å²) in [5.74, 6) is -0.0591. The number of rotatable bonds is 9. The maximum atomic E-state index is 12.5. The standard InChI is InChI=1S/C21H19F3N2O5S/c22-21(23,24)14-30-13-15-6-8-16(9-7-15)20(27)26-17-3-1-5-19(11-17)32(28,29)25-12-18-4-2-10-31-18/h1-11,25H,12-14H2,(H,26,27). The highest BCUT2D eigenvalue weighted by atomic mass is 32.2. The van der Waals surface area contributed by atoms with E-state index in [1.165, 1.54) is 54.8 Å². The summed E-state index contributed by atoms with van der Waals surface area (Å²) >= 11 is 0. The molecule has 2 N–H and O–H groups in total. The molecule has 0 atom stereocenters. The van der Waals surface area contributed by atoms with Gasteiger partial charge in [0.05, 0.1) is 24.3 Å². The number of carbonyl (C=O) groups excluding carboxylic acids is 1. The summed E-state index contributed by atoms with van der Waals surface area (Å²) in [5.41, 5.74) is 0.976. The summed E-state index contributed by atoms with van der Waals surface area (Å²) in [5, 5.41) is 2.59. The van der Waals surface area contributed by atoms with E-state index >= 15 is 0 Å². The van der Waals surface area contributed by atoms with Gasteiger partial charge in [-0.25, -0.2) is 13.1 Å². The molecule has 1 amide bonds. The van der Waals surface area contributed by atoms with Crippen molar-refractivity contribution in [2.45, 2.75) is 24.2 Å². The quantitative estimate of drug-likeness (QED) is 0.493. The van der Waals surface area contributed by atoms with Crippen LogP contribution in [0.15, 0.2) is 76.2 Å². The third kappa shape index (κ3) is 6.94. The predicted molar refractivity (Wildman–Crippen MR) is 109 cm³/mol. The van der Waals surface area contributed by atoms with Gasteiger partial charge in [0.1, 0.15) is 12.4 Å². The molecule has 0 aliphatic carbocycles. The highest BCUT2D eigenvalue weighted by Gasteiger charge is 2.27. The lowest BCUT2D eigenvalue weighted by atomic mass is 10.1. The monoisotopic (exact) mass is 468 g/mol. The minimum absolute atomic E-state index is 0.0229. The Morgan fingerprint density at radius 2 is 1.78 bits per heavy atom. The van der Waals surface area contributed by atoms with Crippen LogP contribution in [0.4, 0.5) is 18.9 Å². The zero-order valence-corrected chi connectivity index (χ0v) is 17.4. The number of sulfonamides is 1. The number of hydrogen-bond acceptors (Lipinski definition) is 5. The second-order valence-electron chi connectivity index (χ2n) is 6.69. The molecule has 3 rings (SSSR count). The Balaban J connectivity index is 1.60. The fraction of sp³-hybridized carbons (Fsp3) is 0.190. The number of benzene rings is 2. The topological polar surface area (TPSA) is 97.6 Å². The van der Waals surface area contributed by atoms with Gasteiger partial charge in [0.15, 0.2) is 0 Å². The average Bonchev–Trinajstić information content (AvgIpc) is 3.26. The molecule has 0 spiro atoms. The molecular formula is C21H19F3N2O5S. The molecule has 0 fully saturated rings. The number of anilines is 1. The molecule has 0 aliphatic heterocycles. The molecule has 0 aliphatic rings. The zero-order valence-electron chi connectivity index (χ0n) is 16.6. The minimum Gasteiger partial charge on any atom is -0.468 e. The Morgan fingerprint density at radius 1 is 1.03 bits per heavy atom.